The van der Waals surface area contributed by atoms with Crippen molar-refractivity contribution < 1.29 is 8.78 Å². The lowest BCUT2D eigenvalue weighted by atomic mass is 10.0. The average molecular weight is 512 g/mol. The number of benzene rings is 2. The van der Waals surface area contributed by atoms with Crippen LogP contribution in [0.3, 0.4) is 0 Å². The molecule has 146 valence electrons. The molecule has 0 atom stereocenters. The molecule has 4 rings (SSSR count). The first-order valence-electron chi connectivity index (χ1n) is 8.98. The van der Waals surface area contributed by atoms with E-state index in [1.165, 1.54) is 12.1 Å². The summed E-state index contributed by atoms with van der Waals surface area (Å²) in [6.45, 7) is 1.82. The summed E-state index contributed by atoms with van der Waals surface area (Å²) in [4.78, 5) is 2.25. The topological polar surface area (TPSA) is 34.0 Å². The quantitative estimate of drug-likeness (QED) is 0.453. The van der Waals surface area contributed by atoms with Gasteiger partial charge in [-0.3, -0.25) is 0 Å². The van der Waals surface area contributed by atoms with Gasteiger partial charge < -0.3 is 9.47 Å². The van der Waals surface area contributed by atoms with Crippen LogP contribution in [-0.4, -0.2) is 39.8 Å². The molecule has 1 fully saturated rings. The lowest BCUT2D eigenvalue weighted by Gasteiger charge is -2.31. The van der Waals surface area contributed by atoms with Gasteiger partial charge in [-0.15, -0.1) is 10.2 Å². The molecule has 1 saturated heterocycles. The van der Waals surface area contributed by atoms with Gasteiger partial charge in [-0.1, -0.05) is 31.9 Å². The van der Waals surface area contributed by atoms with E-state index in [-0.39, 0.29) is 6.04 Å². The number of halogens is 4. The smallest absolute Gasteiger partial charge is 0.167 e. The third-order valence-electron chi connectivity index (χ3n) is 5.09. The third-order valence-corrected chi connectivity index (χ3v) is 6.08. The maximum Gasteiger partial charge on any atom is 0.167 e. The minimum absolute atomic E-state index is 0.0716. The van der Waals surface area contributed by atoms with Crippen LogP contribution < -0.4 is 0 Å². The number of hydrogen-bond acceptors (Lipinski definition) is 3. The molecule has 2 heterocycles. The molecule has 0 spiro atoms. The van der Waals surface area contributed by atoms with Crippen LogP contribution in [0, 0.1) is 11.6 Å². The van der Waals surface area contributed by atoms with Gasteiger partial charge in [0.25, 0.3) is 0 Å². The normalized spacial score (nSPS) is 15.9. The predicted octanol–water partition coefficient (Wildman–Crippen LogP) is 5.68. The van der Waals surface area contributed by atoms with Crippen LogP contribution in [0.5, 0.6) is 0 Å². The van der Waals surface area contributed by atoms with E-state index in [0.717, 1.165) is 25.9 Å². The number of hydrogen-bond donors (Lipinski definition) is 0. The Hall–Kier alpha value is -1.64. The summed E-state index contributed by atoms with van der Waals surface area (Å²) in [5.41, 5.74) is 0.719. The Bertz CT molecular complexity index is 944. The first-order valence-corrected chi connectivity index (χ1v) is 10.6. The molecule has 1 aromatic heterocycles. The van der Waals surface area contributed by atoms with E-state index >= 15 is 0 Å². The molecule has 0 amide bonds. The molecule has 0 saturated carbocycles. The van der Waals surface area contributed by atoms with Crippen molar-refractivity contribution in [1.29, 1.82) is 0 Å². The lowest BCUT2D eigenvalue weighted by molar-refractivity contribution is 0.223. The zero-order chi connectivity index (χ0) is 19.8. The highest BCUT2D eigenvalue weighted by molar-refractivity contribution is 9.10. The van der Waals surface area contributed by atoms with Crippen molar-refractivity contribution in [3.8, 4) is 22.8 Å². The van der Waals surface area contributed by atoms with Gasteiger partial charge in [-0.2, -0.15) is 0 Å². The Kier molecular flexibility index (Phi) is 5.62. The standard InChI is InChI=1S/C20H18Br2F2N4/c1-27-8-6-14(7-9-27)28-19(15-4-2-12(21)10-17(15)23)25-26-20(28)16-5-3-13(22)11-18(16)24/h2-5,10-11,14H,6-9H2,1H3. The summed E-state index contributed by atoms with van der Waals surface area (Å²) in [7, 11) is 2.08. The highest BCUT2D eigenvalue weighted by Crippen LogP contribution is 2.35. The van der Waals surface area contributed by atoms with Crippen LogP contribution in [0.1, 0.15) is 18.9 Å². The van der Waals surface area contributed by atoms with Crippen molar-refractivity contribution in [2.75, 3.05) is 20.1 Å². The molecule has 0 bridgehead atoms. The van der Waals surface area contributed by atoms with Crippen LogP contribution >= 0.6 is 31.9 Å². The Morgan fingerprint density at radius 3 is 1.75 bits per heavy atom. The minimum atomic E-state index is -0.390. The number of aromatic nitrogens is 3. The Morgan fingerprint density at radius 2 is 1.32 bits per heavy atom. The highest BCUT2D eigenvalue weighted by Gasteiger charge is 2.28. The number of rotatable bonds is 3. The lowest BCUT2D eigenvalue weighted by Crippen LogP contribution is -2.32. The van der Waals surface area contributed by atoms with Crippen LogP contribution in [0.25, 0.3) is 22.8 Å². The fourth-order valence-electron chi connectivity index (χ4n) is 3.60. The number of nitrogens with zero attached hydrogens (tertiary/aromatic N) is 4. The van der Waals surface area contributed by atoms with E-state index in [2.05, 4.69) is 54.0 Å². The SMILES string of the molecule is CN1CCC(n2c(-c3ccc(Br)cc3F)nnc2-c2ccc(Br)cc2F)CC1. The first-order chi connectivity index (χ1) is 13.4. The van der Waals surface area contributed by atoms with E-state index in [9.17, 15) is 8.78 Å². The number of likely N-dealkylation sites (tertiary alicyclic amines) is 1. The van der Waals surface area contributed by atoms with Crippen LogP contribution in [0.15, 0.2) is 45.3 Å². The van der Waals surface area contributed by atoms with Crippen molar-refractivity contribution in [3.05, 3.63) is 57.0 Å². The Morgan fingerprint density at radius 1 is 0.857 bits per heavy atom. The highest BCUT2D eigenvalue weighted by atomic mass is 79.9. The first kappa shape index (κ1) is 19.7. The Balaban J connectivity index is 1.88. The zero-order valence-electron chi connectivity index (χ0n) is 15.2. The summed E-state index contributed by atoms with van der Waals surface area (Å²) in [6, 6.07) is 9.78. The largest absolute Gasteiger partial charge is 0.306 e. The maximum absolute atomic E-state index is 14.7. The van der Waals surface area contributed by atoms with E-state index in [1.54, 1.807) is 24.3 Å². The molecule has 28 heavy (non-hydrogen) atoms. The summed E-state index contributed by atoms with van der Waals surface area (Å²) < 4.78 is 32.6. The second-order valence-corrected chi connectivity index (χ2v) is 8.83. The van der Waals surface area contributed by atoms with Gasteiger partial charge in [0, 0.05) is 15.0 Å². The van der Waals surface area contributed by atoms with Crippen molar-refractivity contribution in [2.45, 2.75) is 18.9 Å². The summed E-state index contributed by atoms with van der Waals surface area (Å²) in [5.74, 6) is 0.0753. The molecule has 2 aromatic carbocycles. The molecule has 0 unspecified atom stereocenters. The van der Waals surface area contributed by atoms with Crippen molar-refractivity contribution in [2.24, 2.45) is 0 Å². The van der Waals surface area contributed by atoms with E-state index in [4.69, 9.17) is 0 Å². The molecule has 4 nitrogen and oxygen atoms in total. The van der Waals surface area contributed by atoms with Crippen molar-refractivity contribution >= 4 is 31.9 Å². The zero-order valence-corrected chi connectivity index (χ0v) is 18.3. The molecule has 1 aliphatic rings. The maximum atomic E-state index is 14.7. The van der Waals surface area contributed by atoms with Gasteiger partial charge in [-0.05, 0) is 69.4 Å². The molecular weight excluding hydrogens is 494 g/mol. The molecule has 1 aliphatic heterocycles. The molecule has 0 aliphatic carbocycles. The fourth-order valence-corrected chi connectivity index (χ4v) is 4.27. The molecular formula is C20H18Br2F2N4. The van der Waals surface area contributed by atoms with E-state index < -0.39 is 11.6 Å². The number of piperidine rings is 1. The van der Waals surface area contributed by atoms with E-state index in [0.29, 0.717) is 31.7 Å². The van der Waals surface area contributed by atoms with Crippen LogP contribution in [0.4, 0.5) is 8.78 Å². The van der Waals surface area contributed by atoms with Gasteiger partial charge in [0.2, 0.25) is 0 Å². The molecule has 0 radical (unpaired) electrons. The van der Waals surface area contributed by atoms with Gasteiger partial charge in [0.1, 0.15) is 11.6 Å². The van der Waals surface area contributed by atoms with Gasteiger partial charge in [0.05, 0.1) is 11.1 Å². The predicted molar refractivity (Wildman–Crippen MR) is 112 cm³/mol. The summed E-state index contributed by atoms with van der Waals surface area (Å²) >= 11 is 6.57. The van der Waals surface area contributed by atoms with Gasteiger partial charge in [0.15, 0.2) is 11.6 Å². The summed E-state index contributed by atoms with van der Waals surface area (Å²) in [6.07, 6.45) is 1.73. The minimum Gasteiger partial charge on any atom is -0.306 e. The molecule has 3 aromatic rings. The van der Waals surface area contributed by atoms with Gasteiger partial charge >= 0.3 is 0 Å². The Labute approximate surface area is 178 Å². The third kappa shape index (κ3) is 3.77. The van der Waals surface area contributed by atoms with E-state index in [1.807, 2.05) is 4.57 Å². The second kappa shape index (κ2) is 8.00. The second-order valence-electron chi connectivity index (χ2n) is 7.00. The van der Waals surface area contributed by atoms with Gasteiger partial charge in [-0.25, -0.2) is 8.78 Å². The summed E-state index contributed by atoms with van der Waals surface area (Å²) in [5, 5.41) is 8.55. The van der Waals surface area contributed by atoms with Crippen LogP contribution in [-0.2, 0) is 0 Å². The molecule has 0 N–H and O–H groups in total. The van der Waals surface area contributed by atoms with Crippen LogP contribution in [0.2, 0.25) is 0 Å². The molecule has 8 heteroatoms. The monoisotopic (exact) mass is 510 g/mol. The van der Waals surface area contributed by atoms with Crippen molar-refractivity contribution in [1.82, 2.24) is 19.7 Å². The average Bonchev–Trinajstić information content (AvgIpc) is 3.07. The van der Waals surface area contributed by atoms with Crippen molar-refractivity contribution in [3.63, 3.8) is 0 Å². The fraction of sp³-hybridized carbons (Fsp3) is 0.300.